The fraction of sp³-hybridized carbons (Fsp3) is 0.462. The van der Waals surface area contributed by atoms with E-state index in [2.05, 4.69) is 27.3 Å². The van der Waals surface area contributed by atoms with Crippen LogP contribution in [0, 0.1) is 6.92 Å². The van der Waals surface area contributed by atoms with E-state index in [-0.39, 0.29) is 0 Å². The maximum atomic E-state index is 6.13. The highest BCUT2D eigenvalue weighted by Crippen LogP contribution is 2.20. The molecule has 0 aliphatic carbocycles. The third-order valence-corrected chi connectivity index (χ3v) is 3.18. The van der Waals surface area contributed by atoms with Crippen molar-refractivity contribution in [3.63, 3.8) is 0 Å². The van der Waals surface area contributed by atoms with E-state index in [9.17, 15) is 0 Å². The Balaban J connectivity index is 2.14. The molecule has 0 amide bonds. The predicted molar refractivity (Wildman–Crippen MR) is 76.3 cm³/mol. The average Bonchev–Trinajstić information content (AvgIpc) is 2.78. The molecule has 0 bridgehead atoms. The van der Waals surface area contributed by atoms with Crippen molar-refractivity contribution in [2.75, 3.05) is 5.32 Å². The molecule has 2 aromatic rings. The summed E-state index contributed by atoms with van der Waals surface area (Å²) < 4.78 is 1.78. The van der Waals surface area contributed by atoms with Crippen molar-refractivity contribution in [3.05, 3.63) is 34.5 Å². The van der Waals surface area contributed by atoms with E-state index in [1.54, 1.807) is 4.68 Å². The molecule has 2 rings (SSSR count). The largest absolute Gasteiger partial charge is 0.364 e. The standard InChI is InChI=1S/C13H18ClN5/c1-4-5-11-16-12(14)9(2)13(17-11)15-8-10-6-7-19(3)18-10/h6-7H,4-5,8H2,1-3H3,(H,15,16,17). The smallest absolute Gasteiger partial charge is 0.137 e. The molecule has 6 heteroatoms. The van der Waals surface area contributed by atoms with Crippen LogP contribution in [0.4, 0.5) is 5.82 Å². The topological polar surface area (TPSA) is 55.6 Å². The molecule has 0 saturated carbocycles. The highest BCUT2D eigenvalue weighted by atomic mass is 35.5. The predicted octanol–water partition coefficient (Wildman–Crippen LogP) is 2.74. The molecule has 1 N–H and O–H groups in total. The number of aryl methyl sites for hydroxylation is 2. The molecule has 5 nitrogen and oxygen atoms in total. The number of rotatable bonds is 5. The molecule has 2 aromatic heterocycles. The van der Waals surface area contributed by atoms with Gasteiger partial charge >= 0.3 is 0 Å². The Labute approximate surface area is 118 Å². The van der Waals surface area contributed by atoms with Gasteiger partial charge in [0.05, 0.1) is 12.2 Å². The minimum atomic E-state index is 0.516. The minimum absolute atomic E-state index is 0.516. The van der Waals surface area contributed by atoms with Gasteiger partial charge in [0.25, 0.3) is 0 Å². The molecule has 0 radical (unpaired) electrons. The molecule has 0 aliphatic heterocycles. The third-order valence-electron chi connectivity index (χ3n) is 2.81. The Hall–Kier alpha value is -1.62. The number of aromatic nitrogens is 4. The van der Waals surface area contributed by atoms with Crippen molar-refractivity contribution >= 4 is 17.4 Å². The summed E-state index contributed by atoms with van der Waals surface area (Å²) >= 11 is 6.13. The van der Waals surface area contributed by atoms with Crippen molar-refractivity contribution in [3.8, 4) is 0 Å². The lowest BCUT2D eigenvalue weighted by molar-refractivity contribution is 0.746. The lowest BCUT2D eigenvalue weighted by Gasteiger charge is -2.10. The first-order valence-corrected chi connectivity index (χ1v) is 6.73. The number of hydrogen-bond acceptors (Lipinski definition) is 4. The maximum absolute atomic E-state index is 6.13. The molecule has 0 unspecified atom stereocenters. The SMILES string of the molecule is CCCc1nc(Cl)c(C)c(NCc2ccn(C)n2)n1. The van der Waals surface area contributed by atoms with E-state index in [0.717, 1.165) is 35.7 Å². The van der Waals surface area contributed by atoms with E-state index in [0.29, 0.717) is 11.7 Å². The maximum Gasteiger partial charge on any atom is 0.137 e. The van der Waals surface area contributed by atoms with Gasteiger partial charge in [0.15, 0.2) is 0 Å². The fourth-order valence-corrected chi connectivity index (χ4v) is 1.96. The molecule has 0 fully saturated rings. The zero-order valence-corrected chi connectivity index (χ0v) is 12.2. The van der Waals surface area contributed by atoms with Crippen LogP contribution in [0.1, 0.15) is 30.4 Å². The van der Waals surface area contributed by atoms with Crippen molar-refractivity contribution in [2.24, 2.45) is 7.05 Å². The van der Waals surface area contributed by atoms with Gasteiger partial charge in [0, 0.05) is 25.2 Å². The second kappa shape index (κ2) is 6.02. The molecule has 19 heavy (non-hydrogen) atoms. The molecule has 0 saturated heterocycles. The van der Waals surface area contributed by atoms with Gasteiger partial charge in [-0.1, -0.05) is 18.5 Å². The second-order valence-corrected chi connectivity index (χ2v) is 4.85. The summed E-state index contributed by atoms with van der Waals surface area (Å²) in [4.78, 5) is 8.78. The first-order valence-electron chi connectivity index (χ1n) is 6.35. The van der Waals surface area contributed by atoms with Crippen LogP contribution in [0.3, 0.4) is 0 Å². The quantitative estimate of drug-likeness (QED) is 0.855. The van der Waals surface area contributed by atoms with Gasteiger partial charge in [-0.3, -0.25) is 4.68 Å². The van der Waals surface area contributed by atoms with Gasteiger partial charge in [0.1, 0.15) is 16.8 Å². The first kappa shape index (κ1) is 13.8. The summed E-state index contributed by atoms with van der Waals surface area (Å²) in [6.07, 6.45) is 3.75. The van der Waals surface area contributed by atoms with Crippen LogP contribution in [-0.2, 0) is 20.0 Å². The van der Waals surface area contributed by atoms with E-state index >= 15 is 0 Å². The Kier molecular flexibility index (Phi) is 4.37. The normalized spacial score (nSPS) is 10.7. The van der Waals surface area contributed by atoms with Crippen molar-refractivity contribution in [1.82, 2.24) is 19.7 Å². The summed E-state index contributed by atoms with van der Waals surface area (Å²) in [5, 5.41) is 8.10. The number of anilines is 1. The molecule has 2 heterocycles. The Morgan fingerprint density at radius 1 is 1.37 bits per heavy atom. The summed E-state index contributed by atoms with van der Waals surface area (Å²) in [6, 6.07) is 1.97. The van der Waals surface area contributed by atoms with Gasteiger partial charge in [0.2, 0.25) is 0 Å². The number of hydrogen-bond donors (Lipinski definition) is 1. The van der Waals surface area contributed by atoms with E-state index in [1.165, 1.54) is 0 Å². The highest BCUT2D eigenvalue weighted by molar-refractivity contribution is 6.30. The van der Waals surface area contributed by atoms with Crippen LogP contribution >= 0.6 is 11.6 Å². The van der Waals surface area contributed by atoms with Crippen LogP contribution in [0.5, 0.6) is 0 Å². The minimum Gasteiger partial charge on any atom is -0.364 e. The number of nitrogens with zero attached hydrogens (tertiary/aromatic N) is 4. The molecule has 0 atom stereocenters. The molecule has 0 aliphatic rings. The van der Waals surface area contributed by atoms with Crippen LogP contribution in [0.2, 0.25) is 5.15 Å². The second-order valence-electron chi connectivity index (χ2n) is 4.49. The molecule has 0 spiro atoms. The van der Waals surface area contributed by atoms with Gasteiger partial charge in [-0.2, -0.15) is 5.10 Å². The molecular weight excluding hydrogens is 262 g/mol. The Bertz CT molecular complexity index is 564. The van der Waals surface area contributed by atoms with E-state index in [4.69, 9.17) is 11.6 Å². The summed E-state index contributed by atoms with van der Waals surface area (Å²) in [6.45, 7) is 4.64. The highest BCUT2D eigenvalue weighted by Gasteiger charge is 2.09. The van der Waals surface area contributed by atoms with Gasteiger partial charge < -0.3 is 5.32 Å². The van der Waals surface area contributed by atoms with Gasteiger partial charge in [-0.15, -0.1) is 0 Å². The average molecular weight is 280 g/mol. The summed E-state index contributed by atoms with van der Waals surface area (Å²) in [7, 11) is 1.90. The molecule has 102 valence electrons. The van der Waals surface area contributed by atoms with Gasteiger partial charge in [-0.25, -0.2) is 9.97 Å². The summed E-state index contributed by atoms with van der Waals surface area (Å²) in [5.41, 5.74) is 1.84. The van der Waals surface area contributed by atoms with Crippen LogP contribution in [-0.4, -0.2) is 19.7 Å². The monoisotopic (exact) mass is 279 g/mol. The van der Waals surface area contributed by atoms with E-state index < -0.39 is 0 Å². The number of halogens is 1. The first-order chi connectivity index (χ1) is 9.10. The van der Waals surface area contributed by atoms with Gasteiger partial charge in [-0.05, 0) is 19.4 Å². The summed E-state index contributed by atoms with van der Waals surface area (Å²) in [5.74, 6) is 1.57. The van der Waals surface area contributed by atoms with Crippen molar-refractivity contribution in [1.29, 1.82) is 0 Å². The number of nitrogens with one attached hydrogen (secondary N) is 1. The van der Waals surface area contributed by atoms with Crippen molar-refractivity contribution < 1.29 is 0 Å². The lowest BCUT2D eigenvalue weighted by atomic mass is 10.3. The molecular formula is C13H18ClN5. The zero-order valence-electron chi connectivity index (χ0n) is 11.4. The third kappa shape index (κ3) is 3.44. The zero-order chi connectivity index (χ0) is 13.8. The fourth-order valence-electron chi connectivity index (χ4n) is 1.77. The lowest BCUT2D eigenvalue weighted by Crippen LogP contribution is -2.08. The Morgan fingerprint density at radius 2 is 2.16 bits per heavy atom. The van der Waals surface area contributed by atoms with E-state index in [1.807, 2.05) is 26.2 Å². The van der Waals surface area contributed by atoms with Crippen LogP contribution in [0.25, 0.3) is 0 Å². The molecule has 0 aromatic carbocycles. The van der Waals surface area contributed by atoms with Crippen molar-refractivity contribution in [2.45, 2.75) is 33.2 Å². The van der Waals surface area contributed by atoms with Crippen LogP contribution < -0.4 is 5.32 Å². The Morgan fingerprint density at radius 3 is 2.79 bits per heavy atom. The van der Waals surface area contributed by atoms with Crippen LogP contribution in [0.15, 0.2) is 12.3 Å².